The Morgan fingerprint density at radius 1 is 1.06 bits per heavy atom. The third-order valence-corrected chi connectivity index (χ3v) is 7.97. The van der Waals surface area contributed by atoms with Gasteiger partial charge in [0.25, 0.3) is 0 Å². The Bertz CT molecular complexity index is 1330. The van der Waals surface area contributed by atoms with Crippen LogP contribution in [0.3, 0.4) is 0 Å². The largest absolute Gasteiger partial charge is 0.324 e. The van der Waals surface area contributed by atoms with Gasteiger partial charge in [-0.05, 0) is 31.5 Å². The molecule has 0 saturated heterocycles. The lowest BCUT2D eigenvalue weighted by atomic mass is 10.0. The zero-order valence-electron chi connectivity index (χ0n) is 17.9. The van der Waals surface area contributed by atoms with E-state index in [0.29, 0.717) is 25.9 Å². The molecule has 0 atom stereocenters. The van der Waals surface area contributed by atoms with E-state index in [2.05, 4.69) is 59.0 Å². The van der Waals surface area contributed by atoms with Crippen molar-refractivity contribution < 1.29 is 4.79 Å². The van der Waals surface area contributed by atoms with E-state index < -0.39 is 0 Å². The number of carbonyl (C=O) groups excluding carboxylic acids is 1. The quantitative estimate of drug-likeness (QED) is 0.204. The van der Waals surface area contributed by atoms with Crippen LogP contribution in [-0.4, -0.2) is 26.4 Å². The summed E-state index contributed by atoms with van der Waals surface area (Å²) in [5, 5.41) is 15.2. The summed E-state index contributed by atoms with van der Waals surface area (Å²) in [5.74, 6) is 0.651. The molecule has 0 bridgehead atoms. The number of hydrogen-bond acceptors (Lipinski definition) is 5. The first kappa shape index (κ1) is 24.1. The van der Waals surface area contributed by atoms with Gasteiger partial charge in [-0.1, -0.05) is 76.4 Å². The Hall–Kier alpha value is -2.03. The van der Waals surface area contributed by atoms with E-state index in [9.17, 15) is 4.79 Å². The van der Waals surface area contributed by atoms with Crippen LogP contribution in [0.15, 0.2) is 46.9 Å². The van der Waals surface area contributed by atoms with E-state index in [1.165, 1.54) is 34.3 Å². The van der Waals surface area contributed by atoms with E-state index in [-0.39, 0.29) is 11.7 Å². The molecule has 0 unspecified atom stereocenters. The number of amides is 1. The molecular weight excluding hydrogens is 519 g/mol. The summed E-state index contributed by atoms with van der Waals surface area (Å²) < 4.78 is 1.91. The maximum atomic E-state index is 12.5. The molecule has 2 aromatic heterocycles. The topological polar surface area (TPSA) is 59.8 Å². The molecule has 2 heterocycles. The van der Waals surface area contributed by atoms with Gasteiger partial charge >= 0.3 is 0 Å². The molecule has 0 fully saturated rings. The average Bonchev–Trinajstić information content (AvgIpc) is 3.33. The van der Waals surface area contributed by atoms with Crippen LogP contribution in [0.25, 0.3) is 22.5 Å². The second-order valence-electron chi connectivity index (χ2n) is 7.39. The maximum absolute atomic E-state index is 12.5. The number of nitrogens with one attached hydrogen (secondary N) is 1. The third kappa shape index (κ3) is 5.23. The standard InChI is InChI=1S/C23H19Cl3N4OS2/c1-12-4-6-14(7-5-12)21-13(2)32-10-15(21)22-28-29-23(30(22)3)33-11-20(31)27-19-9-17(25)16(24)8-18(19)26/h4-10H,11H2,1-3H3,(H,27,31). The number of aryl methyl sites for hydroxylation is 2. The van der Waals surface area contributed by atoms with Crippen LogP contribution in [0.5, 0.6) is 0 Å². The molecule has 0 aliphatic rings. The van der Waals surface area contributed by atoms with Gasteiger partial charge in [-0.25, -0.2) is 0 Å². The molecular formula is C23H19Cl3N4OS2. The fourth-order valence-corrected chi connectivity index (χ4v) is 5.48. The molecule has 0 saturated carbocycles. The predicted octanol–water partition coefficient (Wildman–Crippen LogP) is 7.52. The first-order chi connectivity index (χ1) is 15.7. The fraction of sp³-hybridized carbons (Fsp3) is 0.174. The Labute approximate surface area is 215 Å². The number of thioether (sulfide) groups is 1. The summed E-state index contributed by atoms with van der Waals surface area (Å²) in [6, 6.07) is 11.5. The van der Waals surface area contributed by atoms with Crippen molar-refractivity contribution in [2.45, 2.75) is 19.0 Å². The number of benzene rings is 2. The zero-order chi connectivity index (χ0) is 23.7. The molecule has 4 aromatic rings. The Balaban J connectivity index is 1.51. The highest BCUT2D eigenvalue weighted by Gasteiger charge is 2.19. The maximum Gasteiger partial charge on any atom is 0.234 e. The average molecular weight is 538 g/mol. The van der Waals surface area contributed by atoms with Crippen LogP contribution < -0.4 is 5.32 Å². The van der Waals surface area contributed by atoms with Gasteiger partial charge in [0, 0.05) is 28.4 Å². The van der Waals surface area contributed by atoms with E-state index >= 15 is 0 Å². The van der Waals surface area contributed by atoms with Crippen molar-refractivity contribution >= 4 is 69.5 Å². The van der Waals surface area contributed by atoms with Gasteiger partial charge in [-0.15, -0.1) is 21.5 Å². The number of rotatable bonds is 6. The summed E-state index contributed by atoms with van der Waals surface area (Å²) in [7, 11) is 1.90. The zero-order valence-corrected chi connectivity index (χ0v) is 21.8. The van der Waals surface area contributed by atoms with Crippen molar-refractivity contribution in [3.05, 3.63) is 67.3 Å². The van der Waals surface area contributed by atoms with Crippen molar-refractivity contribution in [3.63, 3.8) is 0 Å². The molecule has 5 nitrogen and oxygen atoms in total. The minimum absolute atomic E-state index is 0.135. The summed E-state index contributed by atoms with van der Waals surface area (Å²) in [6.07, 6.45) is 0. The summed E-state index contributed by atoms with van der Waals surface area (Å²) in [6.45, 7) is 4.18. The molecule has 10 heteroatoms. The van der Waals surface area contributed by atoms with E-state index in [0.717, 1.165) is 22.5 Å². The second kappa shape index (κ2) is 10.1. The van der Waals surface area contributed by atoms with Crippen LogP contribution in [0.1, 0.15) is 10.4 Å². The van der Waals surface area contributed by atoms with Crippen LogP contribution in [-0.2, 0) is 11.8 Å². The highest BCUT2D eigenvalue weighted by Crippen LogP contribution is 2.39. The molecule has 4 rings (SSSR count). The van der Waals surface area contributed by atoms with Gasteiger partial charge in [0.15, 0.2) is 11.0 Å². The monoisotopic (exact) mass is 536 g/mol. The molecule has 1 amide bonds. The molecule has 2 aromatic carbocycles. The van der Waals surface area contributed by atoms with Crippen LogP contribution in [0.2, 0.25) is 15.1 Å². The van der Waals surface area contributed by atoms with Crippen molar-refractivity contribution in [2.75, 3.05) is 11.1 Å². The van der Waals surface area contributed by atoms with Gasteiger partial charge in [-0.2, -0.15) is 0 Å². The predicted molar refractivity (Wildman–Crippen MR) is 140 cm³/mol. The smallest absolute Gasteiger partial charge is 0.234 e. The summed E-state index contributed by atoms with van der Waals surface area (Å²) >= 11 is 21.1. The van der Waals surface area contributed by atoms with Gasteiger partial charge < -0.3 is 9.88 Å². The minimum atomic E-state index is -0.239. The van der Waals surface area contributed by atoms with Crippen molar-refractivity contribution in [1.82, 2.24) is 14.8 Å². The summed E-state index contributed by atoms with van der Waals surface area (Å²) in [5.41, 5.74) is 4.94. The van der Waals surface area contributed by atoms with Crippen molar-refractivity contribution in [2.24, 2.45) is 7.05 Å². The van der Waals surface area contributed by atoms with E-state index in [1.807, 2.05) is 11.6 Å². The third-order valence-electron chi connectivity index (χ3n) is 5.01. The molecule has 0 radical (unpaired) electrons. The Morgan fingerprint density at radius 2 is 1.76 bits per heavy atom. The number of carbonyl (C=O) groups is 1. The number of nitrogens with zero attached hydrogens (tertiary/aromatic N) is 3. The lowest BCUT2D eigenvalue weighted by Crippen LogP contribution is -2.14. The number of hydrogen-bond donors (Lipinski definition) is 1. The Morgan fingerprint density at radius 3 is 2.48 bits per heavy atom. The van der Waals surface area contributed by atoms with Crippen molar-refractivity contribution in [1.29, 1.82) is 0 Å². The molecule has 1 N–H and O–H groups in total. The minimum Gasteiger partial charge on any atom is -0.324 e. The van der Waals surface area contributed by atoms with Gasteiger partial charge in [0.05, 0.1) is 26.5 Å². The SMILES string of the molecule is Cc1ccc(-c2c(-c3nnc(SCC(=O)Nc4cc(Cl)c(Cl)cc4Cl)n3C)csc2C)cc1. The second-order valence-corrected chi connectivity index (χ2v) is 10.6. The van der Waals surface area contributed by atoms with Gasteiger partial charge in [0.1, 0.15) is 0 Å². The molecule has 0 aliphatic heterocycles. The normalized spacial score (nSPS) is 11.1. The van der Waals surface area contributed by atoms with Crippen molar-refractivity contribution in [3.8, 4) is 22.5 Å². The molecule has 170 valence electrons. The van der Waals surface area contributed by atoms with Crippen LogP contribution in [0.4, 0.5) is 5.69 Å². The molecule has 0 spiro atoms. The highest BCUT2D eigenvalue weighted by atomic mass is 35.5. The van der Waals surface area contributed by atoms with Gasteiger partial charge in [0.2, 0.25) is 5.91 Å². The first-order valence-electron chi connectivity index (χ1n) is 9.86. The molecule has 33 heavy (non-hydrogen) atoms. The van der Waals surface area contributed by atoms with E-state index in [1.54, 1.807) is 11.3 Å². The number of aromatic nitrogens is 3. The number of thiophene rings is 1. The van der Waals surface area contributed by atoms with E-state index in [4.69, 9.17) is 34.8 Å². The first-order valence-corrected chi connectivity index (χ1v) is 12.9. The highest BCUT2D eigenvalue weighted by molar-refractivity contribution is 7.99. The van der Waals surface area contributed by atoms with Crippen LogP contribution in [0, 0.1) is 13.8 Å². The van der Waals surface area contributed by atoms with Gasteiger partial charge in [-0.3, -0.25) is 4.79 Å². The lowest BCUT2D eigenvalue weighted by Gasteiger charge is -2.09. The number of anilines is 1. The van der Waals surface area contributed by atoms with Crippen LogP contribution >= 0.6 is 57.9 Å². The fourth-order valence-electron chi connectivity index (χ4n) is 3.31. The number of halogens is 3. The molecule has 0 aliphatic carbocycles. The Kier molecular flexibility index (Phi) is 7.36. The lowest BCUT2D eigenvalue weighted by molar-refractivity contribution is -0.113. The summed E-state index contributed by atoms with van der Waals surface area (Å²) in [4.78, 5) is 13.7.